The first-order valence-corrected chi connectivity index (χ1v) is 6.01. The van der Waals surface area contributed by atoms with Gasteiger partial charge in [0.05, 0.1) is 12.3 Å². The number of benzene rings is 1. The van der Waals surface area contributed by atoms with Gasteiger partial charge in [0.25, 0.3) is 0 Å². The molecule has 0 fully saturated rings. The molecule has 1 aromatic heterocycles. The number of aliphatic hydroxyl groups excluding tert-OH is 1. The van der Waals surface area contributed by atoms with Crippen LogP contribution in [0.2, 0.25) is 0 Å². The van der Waals surface area contributed by atoms with Crippen LogP contribution in [0.1, 0.15) is 16.8 Å². The lowest BCUT2D eigenvalue weighted by Crippen LogP contribution is -2.16. The Labute approximate surface area is 108 Å². The lowest BCUT2D eigenvalue weighted by Gasteiger charge is -2.19. The van der Waals surface area contributed by atoms with Crippen LogP contribution >= 0.6 is 0 Å². The second-order valence-corrected chi connectivity index (χ2v) is 4.51. The van der Waals surface area contributed by atoms with Gasteiger partial charge in [0, 0.05) is 25.5 Å². The Bertz CT molecular complexity index is 508. The van der Waals surface area contributed by atoms with Crippen molar-refractivity contribution in [2.75, 3.05) is 11.9 Å². The van der Waals surface area contributed by atoms with Crippen molar-refractivity contribution in [1.82, 2.24) is 4.98 Å². The monoisotopic (exact) mass is 242 g/mol. The van der Waals surface area contributed by atoms with E-state index in [1.54, 1.807) is 6.20 Å². The molecule has 18 heavy (non-hydrogen) atoms. The van der Waals surface area contributed by atoms with E-state index in [9.17, 15) is 0 Å². The van der Waals surface area contributed by atoms with Crippen molar-refractivity contribution in [2.24, 2.45) is 0 Å². The van der Waals surface area contributed by atoms with E-state index in [4.69, 9.17) is 5.11 Å². The maximum atomic E-state index is 9.08. The van der Waals surface area contributed by atoms with Crippen LogP contribution in [0.3, 0.4) is 0 Å². The quantitative estimate of drug-likeness (QED) is 0.895. The minimum absolute atomic E-state index is 0.0216. The van der Waals surface area contributed by atoms with Gasteiger partial charge < -0.3 is 10.0 Å². The van der Waals surface area contributed by atoms with E-state index in [0.29, 0.717) is 5.69 Å². The number of pyridine rings is 1. The first-order chi connectivity index (χ1) is 8.69. The molecule has 2 rings (SSSR count). The van der Waals surface area contributed by atoms with Gasteiger partial charge in [-0.15, -0.1) is 0 Å². The second kappa shape index (κ2) is 5.65. The van der Waals surface area contributed by atoms with Crippen LogP contribution in [0.5, 0.6) is 0 Å². The molecule has 0 aliphatic heterocycles. The fourth-order valence-corrected chi connectivity index (χ4v) is 1.85. The maximum Gasteiger partial charge on any atom is 0.0853 e. The third-order valence-corrected chi connectivity index (χ3v) is 2.94. The number of rotatable bonds is 4. The molecule has 94 valence electrons. The van der Waals surface area contributed by atoms with Crippen molar-refractivity contribution in [3.05, 3.63) is 59.4 Å². The van der Waals surface area contributed by atoms with Gasteiger partial charge in [-0.3, -0.25) is 4.98 Å². The van der Waals surface area contributed by atoms with E-state index in [-0.39, 0.29) is 6.61 Å². The first kappa shape index (κ1) is 12.6. The zero-order valence-electron chi connectivity index (χ0n) is 10.8. The highest BCUT2D eigenvalue weighted by molar-refractivity contribution is 5.46. The fourth-order valence-electron chi connectivity index (χ4n) is 1.85. The SMILES string of the molecule is Cc1ccc(CN(C)c2ccnc(CO)c2)cc1. The molecule has 3 heteroatoms. The van der Waals surface area contributed by atoms with E-state index in [2.05, 4.69) is 41.1 Å². The molecule has 1 N–H and O–H groups in total. The molecule has 0 atom stereocenters. The van der Waals surface area contributed by atoms with Crippen LogP contribution in [-0.2, 0) is 13.2 Å². The summed E-state index contributed by atoms with van der Waals surface area (Å²) < 4.78 is 0. The molecule has 1 heterocycles. The van der Waals surface area contributed by atoms with Crippen LogP contribution < -0.4 is 4.90 Å². The lowest BCUT2D eigenvalue weighted by molar-refractivity contribution is 0.277. The molecule has 0 bridgehead atoms. The van der Waals surface area contributed by atoms with Crippen LogP contribution in [-0.4, -0.2) is 17.1 Å². The molecular formula is C15H18N2O. The molecule has 0 saturated heterocycles. The van der Waals surface area contributed by atoms with Crippen LogP contribution in [0, 0.1) is 6.92 Å². The van der Waals surface area contributed by atoms with Crippen molar-refractivity contribution in [3.8, 4) is 0 Å². The molecule has 0 amide bonds. The highest BCUT2D eigenvalue weighted by Crippen LogP contribution is 2.16. The number of anilines is 1. The summed E-state index contributed by atoms with van der Waals surface area (Å²) in [5.41, 5.74) is 4.30. The Balaban J connectivity index is 2.11. The third kappa shape index (κ3) is 3.08. The van der Waals surface area contributed by atoms with Gasteiger partial charge in [-0.2, -0.15) is 0 Å². The smallest absolute Gasteiger partial charge is 0.0853 e. The number of aryl methyl sites for hydroxylation is 1. The van der Waals surface area contributed by atoms with Gasteiger partial charge in [-0.1, -0.05) is 29.8 Å². The molecular weight excluding hydrogens is 224 g/mol. The molecule has 1 aromatic carbocycles. The zero-order chi connectivity index (χ0) is 13.0. The highest BCUT2D eigenvalue weighted by Gasteiger charge is 2.03. The topological polar surface area (TPSA) is 36.4 Å². The molecule has 0 aliphatic rings. The van der Waals surface area contributed by atoms with Crippen LogP contribution in [0.15, 0.2) is 42.6 Å². The molecule has 2 aromatic rings. The Kier molecular flexibility index (Phi) is 3.95. The van der Waals surface area contributed by atoms with Gasteiger partial charge >= 0.3 is 0 Å². The number of hydrogen-bond acceptors (Lipinski definition) is 3. The van der Waals surface area contributed by atoms with Crippen molar-refractivity contribution < 1.29 is 5.11 Å². The number of hydrogen-bond donors (Lipinski definition) is 1. The Morgan fingerprint density at radius 1 is 1.17 bits per heavy atom. The largest absolute Gasteiger partial charge is 0.390 e. The fraction of sp³-hybridized carbons (Fsp3) is 0.267. The van der Waals surface area contributed by atoms with Gasteiger partial charge in [-0.05, 0) is 24.6 Å². The van der Waals surface area contributed by atoms with Crippen molar-refractivity contribution in [3.63, 3.8) is 0 Å². The Hall–Kier alpha value is -1.87. The van der Waals surface area contributed by atoms with E-state index >= 15 is 0 Å². The first-order valence-electron chi connectivity index (χ1n) is 6.01. The number of aromatic nitrogens is 1. The molecule has 0 aliphatic carbocycles. The summed E-state index contributed by atoms with van der Waals surface area (Å²) in [6.07, 6.45) is 1.73. The average molecular weight is 242 g/mol. The van der Waals surface area contributed by atoms with Gasteiger partial charge in [0.15, 0.2) is 0 Å². The second-order valence-electron chi connectivity index (χ2n) is 4.51. The zero-order valence-corrected chi connectivity index (χ0v) is 10.8. The van der Waals surface area contributed by atoms with E-state index < -0.39 is 0 Å². The minimum Gasteiger partial charge on any atom is -0.390 e. The maximum absolute atomic E-state index is 9.08. The standard InChI is InChI=1S/C15H18N2O/c1-12-3-5-13(6-4-12)10-17(2)15-7-8-16-14(9-15)11-18/h3-9,18H,10-11H2,1-2H3. The van der Waals surface area contributed by atoms with Crippen molar-refractivity contribution in [1.29, 1.82) is 0 Å². The van der Waals surface area contributed by atoms with Crippen molar-refractivity contribution >= 4 is 5.69 Å². The summed E-state index contributed by atoms with van der Waals surface area (Å²) in [7, 11) is 2.04. The van der Waals surface area contributed by atoms with E-state index in [1.165, 1.54) is 11.1 Å². The van der Waals surface area contributed by atoms with E-state index in [0.717, 1.165) is 12.2 Å². The molecule has 0 unspecified atom stereocenters. The molecule has 3 nitrogen and oxygen atoms in total. The molecule has 0 spiro atoms. The summed E-state index contributed by atoms with van der Waals surface area (Å²) >= 11 is 0. The van der Waals surface area contributed by atoms with Gasteiger partial charge in [-0.25, -0.2) is 0 Å². The van der Waals surface area contributed by atoms with Gasteiger partial charge in [0.2, 0.25) is 0 Å². The summed E-state index contributed by atoms with van der Waals surface area (Å²) in [5, 5.41) is 9.08. The van der Waals surface area contributed by atoms with Crippen molar-refractivity contribution in [2.45, 2.75) is 20.1 Å². The van der Waals surface area contributed by atoms with E-state index in [1.807, 2.05) is 19.2 Å². The van der Waals surface area contributed by atoms with Crippen LogP contribution in [0.4, 0.5) is 5.69 Å². The molecule has 0 saturated carbocycles. The molecule has 0 radical (unpaired) electrons. The Morgan fingerprint density at radius 3 is 2.56 bits per heavy atom. The Morgan fingerprint density at radius 2 is 1.89 bits per heavy atom. The number of aliphatic hydroxyl groups is 1. The predicted molar refractivity (Wildman–Crippen MR) is 73.4 cm³/mol. The summed E-state index contributed by atoms with van der Waals surface area (Å²) in [5.74, 6) is 0. The predicted octanol–water partition coefficient (Wildman–Crippen LogP) is 2.52. The van der Waals surface area contributed by atoms with Crippen LogP contribution in [0.25, 0.3) is 0 Å². The normalized spacial score (nSPS) is 10.4. The minimum atomic E-state index is -0.0216. The highest BCUT2D eigenvalue weighted by atomic mass is 16.3. The third-order valence-electron chi connectivity index (χ3n) is 2.94. The number of nitrogens with zero attached hydrogens (tertiary/aromatic N) is 2. The summed E-state index contributed by atoms with van der Waals surface area (Å²) in [6.45, 7) is 2.91. The van der Waals surface area contributed by atoms with Gasteiger partial charge in [0.1, 0.15) is 0 Å². The lowest BCUT2D eigenvalue weighted by atomic mass is 10.1. The summed E-state index contributed by atoms with van der Waals surface area (Å²) in [4.78, 5) is 6.23. The summed E-state index contributed by atoms with van der Waals surface area (Å²) in [6, 6.07) is 12.4. The average Bonchev–Trinajstić information content (AvgIpc) is 2.41.